The zero-order chi connectivity index (χ0) is 47.2. The summed E-state index contributed by atoms with van der Waals surface area (Å²) in [5, 5.41) is 0. The zero-order valence-corrected chi connectivity index (χ0v) is 37.4. The average Bonchev–Trinajstić information content (AvgIpc) is 3.27. The highest BCUT2D eigenvalue weighted by Crippen LogP contribution is 2.44. The molecule has 0 fully saturated rings. The van der Waals surface area contributed by atoms with E-state index in [0.717, 1.165) is 116 Å². The number of rotatable bonds is 32. The number of terminal acetylenes is 2. The Bertz CT molecular complexity index is 1780. The molecular formula is C52H66F6O6. The van der Waals surface area contributed by atoms with Gasteiger partial charge >= 0.3 is 24.3 Å². The summed E-state index contributed by atoms with van der Waals surface area (Å²) in [7, 11) is 1.66. The van der Waals surface area contributed by atoms with Gasteiger partial charge < -0.3 is 18.9 Å². The highest BCUT2D eigenvalue weighted by atomic mass is 19.4. The minimum absolute atomic E-state index is 0.349. The van der Waals surface area contributed by atoms with Crippen molar-refractivity contribution < 1.29 is 54.9 Å². The maximum atomic E-state index is 14.3. The lowest BCUT2D eigenvalue weighted by Crippen LogP contribution is -2.52. The van der Waals surface area contributed by atoms with Crippen molar-refractivity contribution in [2.75, 3.05) is 14.2 Å². The van der Waals surface area contributed by atoms with E-state index in [0.29, 0.717) is 19.3 Å². The second kappa shape index (κ2) is 30.4. The van der Waals surface area contributed by atoms with Crippen molar-refractivity contribution in [3.63, 3.8) is 0 Å². The number of hydrogen-bond acceptors (Lipinski definition) is 6. The lowest BCUT2D eigenvalue weighted by Gasteiger charge is -2.33. The summed E-state index contributed by atoms with van der Waals surface area (Å²) < 4.78 is 105. The smallest absolute Gasteiger partial charge is 0.432 e. The number of methoxy groups -OCH3 is 2. The fraction of sp³-hybridized carbons (Fsp3) is 0.538. The van der Waals surface area contributed by atoms with Gasteiger partial charge in [-0.2, -0.15) is 26.3 Å². The molecule has 0 aliphatic rings. The van der Waals surface area contributed by atoms with E-state index < -0.39 is 53.3 Å². The molecule has 2 aromatic carbocycles. The maximum absolute atomic E-state index is 14.3. The Morgan fingerprint density at radius 3 is 1.30 bits per heavy atom. The number of hydrogen-bond donors (Lipinski definition) is 0. The van der Waals surface area contributed by atoms with E-state index in [4.69, 9.17) is 31.8 Å². The molecule has 0 saturated heterocycles. The summed E-state index contributed by atoms with van der Waals surface area (Å²) in [5.41, 5.74) is -7.28. The van der Waals surface area contributed by atoms with Gasteiger partial charge in [-0.15, -0.1) is 12.8 Å². The highest BCUT2D eigenvalue weighted by Gasteiger charge is 2.65. The normalized spacial score (nSPS) is 15.0. The third-order valence-corrected chi connectivity index (χ3v) is 11.0. The van der Waals surface area contributed by atoms with Crippen LogP contribution in [-0.4, -0.2) is 50.7 Å². The third kappa shape index (κ3) is 18.0. The van der Waals surface area contributed by atoms with Crippen LogP contribution in [0.1, 0.15) is 140 Å². The molecule has 0 amide bonds. The highest BCUT2D eigenvalue weighted by molar-refractivity contribution is 5.83. The largest absolute Gasteiger partial charge is 0.455 e. The molecule has 12 heteroatoms. The number of esters is 2. The van der Waals surface area contributed by atoms with Gasteiger partial charge in [-0.05, 0) is 69.6 Å². The summed E-state index contributed by atoms with van der Waals surface area (Å²) in [6, 6.07) is 13.4. The Morgan fingerprint density at radius 2 is 0.922 bits per heavy atom. The van der Waals surface area contributed by atoms with Gasteiger partial charge in [-0.1, -0.05) is 168 Å². The molecule has 0 saturated carbocycles. The Morgan fingerprint density at radius 1 is 0.547 bits per heavy atom. The van der Waals surface area contributed by atoms with Gasteiger partial charge in [0.15, 0.2) is 6.10 Å². The van der Waals surface area contributed by atoms with Crippen molar-refractivity contribution in [1.29, 1.82) is 0 Å². The van der Waals surface area contributed by atoms with Crippen molar-refractivity contribution in [3.8, 4) is 24.7 Å². The molecule has 0 aliphatic heterocycles. The predicted molar refractivity (Wildman–Crippen MR) is 240 cm³/mol. The van der Waals surface area contributed by atoms with E-state index in [-0.39, 0.29) is 5.56 Å². The molecule has 0 heterocycles. The average molecular weight is 901 g/mol. The summed E-state index contributed by atoms with van der Waals surface area (Å²) >= 11 is 0. The summed E-state index contributed by atoms with van der Waals surface area (Å²) in [4.78, 5) is 25.9. The molecule has 0 aliphatic carbocycles. The lowest BCUT2D eigenvalue weighted by molar-refractivity contribution is -0.278. The van der Waals surface area contributed by atoms with Crippen LogP contribution in [0, 0.1) is 24.7 Å². The van der Waals surface area contributed by atoms with Crippen LogP contribution in [0.3, 0.4) is 0 Å². The molecule has 0 spiro atoms. The van der Waals surface area contributed by atoms with E-state index in [1.54, 1.807) is 12.1 Å². The molecule has 0 N–H and O–H groups in total. The minimum atomic E-state index is -5.07. The standard InChI is InChI=1S/C52H66F6O6/c1-5-7-40-46(64-48(60)50(62-4,52(56,57)58)44-38-32-29-33-39-44)42-35-27-25-23-21-19-17-15-13-11-9-8-10-12-14-16-18-20-22-24-26-34-41-45(6-2)63-47(59)49(61-3,51(53,54)55)43-36-30-28-31-37-43/h1-2,7-9,28-34,36-41,45-46H,10-27,35,42H2,3-4H3/b9-8-,40-7-,41-34+/t45-,46+,49+,50+/m0/s1. The van der Waals surface area contributed by atoms with E-state index in [1.807, 2.05) is 0 Å². The van der Waals surface area contributed by atoms with Crippen LogP contribution < -0.4 is 0 Å². The monoisotopic (exact) mass is 900 g/mol. The third-order valence-electron chi connectivity index (χ3n) is 11.0. The molecule has 0 unspecified atom stereocenters. The summed E-state index contributed by atoms with van der Waals surface area (Å²) in [5.74, 6) is 1.39. The fourth-order valence-corrected chi connectivity index (χ4v) is 7.39. The molecule has 352 valence electrons. The van der Waals surface area contributed by atoms with Crippen LogP contribution in [-0.2, 0) is 39.7 Å². The van der Waals surface area contributed by atoms with Crippen LogP contribution in [0.4, 0.5) is 26.3 Å². The molecular weight excluding hydrogens is 835 g/mol. The molecule has 0 radical (unpaired) electrons. The Kier molecular flexibility index (Phi) is 26.3. The molecule has 6 nitrogen and oxygen atoms in total. The van der Waals surface area contributed by atoms with Crippen LogP contribution >= 0.6 is 0 Å². The molecule has 4 atom stereocenters. The topological polar surface area (TPSA) is 71.1 Å². The molecule has 2 rings (SSSR count). The maximum Gasteiger partial charge on any atom is 0.432 e. The number of halogens is 6. The quantitative estimate of drug-likeness (QED) is 0.0239. The molecule has 64 heavy (non-hydrogen) atoms. The summed E-state index contributed by atoms with van der Waals surface area (Å²) in [6.45, 7) is 0. The lowest BCUT2D eigenvalue weighted by atomic mass is 9.92. The number of ether oxygens (including phenoxy) is 4. The number of allylic oxidation sites excluding steroid dienone is 4. The van der Waals surface area contributed by atoms with E-state index in [2.05, 4.69) is 24.0 Å². The number of carbonyl (C=O) groups excluding carboxylic acids is 2. The Balaban J connectivity index is 1.49. The second-order valence-corrected chi connectivity index (χ2v) is 15.7. The SMILES string of the molecule is C#C/C=C\[C@H](CCCCCCCCCCC/C=C\CCCCCCCCC/C=C/[C@H](C#C)OC(=O)[C@](OC)(c1ccccc1)C(F)(F)F)OC(=O)[C@](OC)(c1ccccc1)C(F)(F)F. The first kappa shape index (κ1) is 55.4. The number of alkyl halides is 6. The van der Waals surface area contributed by atoms with Crippen molar-refractivity contribution >= 4 is 11.9 Å². The Hall–Kier alpha value is -4.78. The van der Waals surface area contributed by atoms with Gasteiger partial charge in [-0.3, -0.25) is 0 Å². The van der Waals surface area contributed by atoms with Crippen LogP contribution in [0.15, 0.2) is 97.1 Å². The van der Waals surface area contributed by atoms with Gasteiger partial charge in [0, 0.05) is 25.3 Å². The number of unbranched alkanes of at least 4 members (excludes halogenated alkanes) is 17. The molecule has 0 aromatic heterocycles. The van der Waals surface area contributed by atoms with Crippen LogP contribution in [0.5, 0.6) is 0 Å². The molecule has 0 bridgehead atoms. The molecule has 2 aromatic rings. The Labute approximate surface area is 377 Å². The van der Waals surface area contributed by atoms with Gasteiger partial charge in [-0.25, -0.2) is 9.59 Å². The van der Waals surface area contributed by atoms with Gasteiger partial charge in [0.05, 0.1) is 0 Å². The van der Waals surface area contributed by atoms with Crippen LogP contribution in [0.2, 0.25) is 0 Å². The predicted octanol–water partition coefficient (Wildman–Crippen LogP) is 13.8. The minimum Gasteiger partial charge on any atom is -0.455 e. The first-order valence-electron chi connectivity index (χ1n) is 22.4. The first-order chi connectivity index (χ1) is 30.7. The number of benzene rings is 2. The van der Waals surface area contributed by atoms with Crippen molar-refractivity contribution in [2.45, 2.75) is 164 Å². The van der Waals surface area contributed by atoms with Gasteiger partial charge in [0.1, 0.15) is 6.10 Å². The van der Waals surface area contributed by atoms with E-state index >= 15 is 0 Å². The number of carbonyl (C=O) groups is 2. The van der Waals surface area contributed by atoms with Crippen molar-refractivity contribution in [2.24, 2.45) is 0 Å². The van der Waals surface area contributed by atoms with Crippen molar-refractivity contribution in [3.05, 3.63) is 108 Å². The second-order valence-electron chi connectivity index (χ2n) is 15.7. The zero-order valence-electron chi connectivity index (χ0n) is 37.4. The fourth-order valence-electron chi connectivity index (χ4n) is 7.39. The van der Waals surface area contributed by atoms with Crippen LogP contribution in [0.25, 0.3) is 0 Å². The van der Waals surface area contributed by atoms with Gasteiger partial charge in [0.25, 0.3) is 11.2 Å². The summed E-state index contributed by atoms with van der Waals surface area (Å²) in [6.07, 6.45) is 29.1. The van der Waals surface area contributed by atoms with Crippen molar-refractivity contribution in [1.82, 2.24) is 0 Å². The van der Waals surface area contributed by atoms with E-state index in [9.17, 15) is 35.9 Å². The first-order valence-corrected chi connectivity index (χ1v) is 22.4. The van der Waals surface area contributed by atoms with E-state index in [1.165, 1.54) is 80.0 Å². The van der Waals surface area contributed by atoms with Gasteiger partial charge in [0.2, 0.25) is 0 Å².